The van der Waals surface area contributed by atoms with Crippen LogP contribution in [0.4, 0.5) is 8.78 Å². The Morgan fingerprint density at radius 3 is 2.40 bits per heavy atom. The molecule has 0 saturated heterocycles. The van der Waals surface area contributed by atoms with E-state index in [1.54, 1.807) is 0 Å². The van der Waals surface area contributed by atoms with Crippen LogP contribution in [0.5, 0.6) is 0 Å². The summed E-state index contributed by atoms with van der Waals surface area (Å²) in [6.07, 6.45) is -2.62. The summed E-state index contributed by atoms with van der Waals surface area (Å²) < 4.78 is 24.2. The molecule has 1 aromatic carbocycles. The Kier molecular flexibility index (Phi) is 5.76. The Balaban J connectivity index is 0.00000196. The number of hydrogen-bond acceptors (Lipinski definition) is 1. The van der Waals surface area contributed by atoms with E-state index in [1.807, 2.05) is 32.0 Å². The van der Waals surface area contributed by atoms with E-state index in [4.69, 9.17) is 5.73 Å². The number of nitrogens with two attached hydrogens (primary N) is 1. The van der Waals surface area contributed by atoms with Crippen LogP contribution in [0.25, 0.3) is 0 Å². The van der Waals surface area contributed by atoms with Crippen molar-refractivity contribution in [2.24, 2.45) is 5.73 Å². The van der Waals surface area contributed by atoms with E-state index < -0.39 is 12.5 Å². The molecule has 0 heterocycles. The first-order valence-corrected chi connectivity index (χ1v) is 4.61. The topological polar surface area (TPSA) is 26.0 Å². The molecule has 86 valence electrons. The number of hydrogen-bond donors (Lipinski definition) is 1. The van der Waals surface area contributed by atoms with E-state index in [0.717, 1.165) is 16.7 Å². The van der Waals surface area contributed by atoms with Gasteiger partial charge in [-0.1, -0.05) is 23.8 Å². The molecule has 0 spiro atoms. The first-order chi connectivity index (χ1) is 6.50. The highest BCUT2D eigenvalue weighted by molar-refractivity contribution is 5.85. The highest BCUT2D eigenvalue weighted by Crippen LogP contribution is 2.22. The summed E-state index contributed by atoms with van der Waals surface area (Å²) in [6, 6.07) is 5.18. The van der Waals surface area contributed by atoms with Gasteiger partial charge < -0.3 is 5.73 Å². The van der Waals surface area contributed by atoms with Crippen molar-refractivity contribution in [1.29, 1.82) is 0 Å². The summed E-state index contributed by atoms with van der Waals surface area (Å²) in [5, 5.41) is 0. The molecule has 2 N–H and O–H groups in total. The van der Waals surface area contributed by atoms with Crippen molar-refractivity contribution in [1.82, 2.24) is 0 Å². The smallest absolute Gasteiger partial charge is 0.240 e. The molecule has 0 saturated carbocycles. The third-order valence-corrected chi connectivity index (χ3v) is 2.27. The maximum absolute atomic E-state index is 12.1. The van der Waals surface area contributed by atoms with Gasteiger partial charge in [-0.2, -0.15) is 0 Å². The van der Waals surface area contributed by atoms with Crippen molar-refractivity contribution >= 4 is 12.4 Å². The molecular formula is C11H16ClF2N. The van der Waals surface area contributed by atoms with Crippen LogP contribution in [-0.2, 0) is 0 Å². The van der Waals surface area contributed by atoms with Crippen LogP contribution < -0.4 is 5.73 Å². The van der Waals surface area contributed by atoms with Crippen molar-refractivity contribution in [3.8, 4) is 0 Å². The highest BCUT2D eigenvalue weighted by atomic mass is 35.5. The molecule has 1 rings (SSSR count). The molecular weight excluding hydrogens is 220 g/mol. The first-order valence-electron chi connectivity index (χ1n) is 4.61. The van der Waals surface area contributed by atoms with Gasteiger partial charge in [0, 0.05) is 12.5 Å². The third kappa shape index (κ3) is 4.14. The normalized spacial score (nSPS) is 12.4. The quantitative estimate of drug-likeness (QED) is 0.854. The van der Waals surface area contributed by atoms with Crippen LogP contribution in [0, 0.1) is 13.8 Å². The summed E-state index contributed by atoms with van der Waals surface area (Å²) in [7, 11) is 0. The molecule has 0 aromatic heterocycles. The molecule has 0 aliphatic heterocycles. The van der Waals surface area contributed by atoms with Gasteiger partial charge in [0.05, 0.1) is 0 Å². The second kappa shape index (κ2) is 6.03. The van der Waals surface area contributed by atoms with Crippen molar-refractivity contribution in [2.75, 3.05) is 0 Å². The Labute approximate surface area is 95.1 Å². The van der Waals surface area contributed by atoms with Crippen LogP contribution in [0.15, 0.2) is 18.2 Å². The lowest BCUT2D eigenvalue weighted by atomic mass is 9.98. The van der Waals surface area contributed by atoms with Gasteiger partial charge in [0.15, 0.2) is 0 Å². The Morgan fingerprint density at radius 1 is 1.27 bits per heavy atom. The highest BCUT2D eigenvalue weighted by Gasteiger charge is 2.14. The summed E-state index contributed by atoms with van der Waals surface area (Å²) >= 11 is 0. The number of aryl methyl sites for hydroxylation is 2. The maximum atomic E-state index is 12.1. The lowest BCUT2D eigenvalue weighted by Gasteiger charge is -2.14. The molecule has 0 aliphatic carbocycles. The number of rotatable bonds is 3. The zero-order valence-electron chi connectivity index (χ0n) is 8.84. The summed E-state index contributed by atoms with van der Waals surface area (Å²) in [6.45, 7) is 3.82. The van der Waals surface area contributed by atoms with Crippen molar-refractivity contribution < 1.29 is 8.78 Å². The molecule has 0 aliphatic rings. The first kappa shape index (κ1) is 14.3. The minimum atomic E-state index is -2.34. The fraction of sp³-hybridized carbons (Fsp3) is 0.455. The molecule has 4 heteroatoms. The fourth-order valence-corrected chi connectivity index (χ4v) is 1.48. The number of benzene rings is 1. The average Bonchev–Trinajstić information content (AvgIpc) is 2.08. The van der Waals surface area contributed by atoms with Crippen LogP contribution in [-0.4, -0.2) is 6.43 Å². The minimum Gasteiger partial charge on any atom is -0.324 e. The van der Waals surface area contributed by atoms with Gasteiger partial charge in [-0.15, -0.1) is 12.4 Å². The van der Waals surface area contributed by atoms with E-state index in [2.05, 4.69) is 0 Å². The van der Waals surface area contributed by atoms with Crippen LogP contribution >= 0.6 is 12.4 Å². The Hall–Kier alpha value is -0.670. The predicted molar refractivity (Wildman–Crippen MR) is 60.7 cm³/mol. The Bertz CT molecular complexity index is 315. The molecule has 0 unspecified atom stereocenters. The van der Waals surface area contributed by atoms with E-state index in [9.17, 15) is 8.78 Å². The molecule has 0 radical (unpaired) electrons. The van der Waals surface area contributed by atoms with Gasteiger partial charge in [-0.3, -0.25) is 0 Å². The van der Waals surface area contributed by atoms with Crippen molar-refractivity contribution in [3.63, 3.8) is 0 Å². The summed E-state index contributed by atoms with van der Waals surface area (Å²) in [5.41, 5.74) is 8.54. The van der Waals surface area contributed by atoms with Crippen molar-refractivity contribution in [2.45, 2.75) is 32.7 Å². The molecule has 1 aromatic rings. The van der Waals surface area contributed by atoms with Crippen LogP contribution in [0.2, 0.25) is 0 Å². The monoisotopic (exact) mass is 235 g/mol. The van der Waals surface area contributed by atoms with Gasteiger partial charge in [0.2, 0.25) is 6.43 Å². The number of halogens is 3. The molecule has 1 atom stereocenters. The van der Waals surface area contributed by atoms with E-state index in [1.165, 1.54) is 0 Å². The van der Waals surface area contributed by atoms with E-state index in [0.29, 0.717) is 0 Å². The summed E-state index contributed by atoms with van der Waals surface area (Å²) in [4.78, 5) is 0. The third-order valence-electron chi connectivity index (χ3n) is 2.27. The SMILES string of the molecule is Cc1ccc(C)c([C@@H](N)CC(F)F)c1.Cl. The summed E-state index contributed by atoms with van der Waals surface area (Å²) in [5.74, 6) is 0. The van der Waals surface area contributed by atoms with Gasteiger partial charge >= 0.3 is 0 Å². The zero-order valence-corrected chi connectivity index (χ0v) is 9.65. The molecule has 1 nitrogen and oxygen atoms in total. The molecule has 0 bridgehead atoms. The van der Waals surface area contributed by atoms with Gasteiger partial charge in [-0.05, 0) is 25.0 Å². The van der Waals surface area contributed by atoms with Crippen LogP contribution in [0.3, 0.4) is 0 Å². The predicted octanol–water partition coefficient (Wildman–Crippen LogP) is 3.38. The fourth-order valence-electron chi connectivity index (χ4n) is 1.48. The second-order valence-electron chi connectivity index (χ2n) is 3.59. The standard InChI is InChI=1S/C11H15F2N.ClH/c1-7-3-4-8(2)9(5-7)10(14)6-11(12)13;/h3-5,10-11H,6,14H2,1-2H3;1H/t10-;/m0./s1. The van der Waals surface area contributed by atoms with E-state index >= 15 is 0 Å². The average molecular weight is 236 g/mol. The van der Waals surface area contributed by atoms with E-state index in [-0.39, 0.29) is 18.8 Å². The largest absolute Gasteiger partial charge is 0.324 e. The lowest BCUT2D eigenvalue weighted by Crippen LogP contribution is -2.15. The molecule has 15 heavy (non-hydrogen) atoms. The Morgan fingerprint density at radius 2 is 1.87 bits per heavy atom. The van der Waals surface area contributed by atoms with Crippen LogP contribution in [0.1, 0.15) is 29.2 Å². The lowest BCUT2D eigenvalue weighted by molar-refractivity contribution is 0.128. The number of alkyl halides is 2. The van der Waals surface area contributed by atoms with Gasteiger partial charge in [0.25, 0.3) is 0 Å². The van der Waals surface area contributed by atoms with Crippen molar-refractivity contribution in [3.05, 3.63) is 34.9 Å². The zero-order chi connectivity index (χ0) is 10.7. The second-order valence-corrected chi connectivity index (χ2v) is 3.59. The minimum absolute atomic E-state index is 0. The maximum Gasteiger partial charge on any atom is 0.240 e. The van der Waals surface area contributed by atoms with Gasteiger partial charge in [-0.25, -0.2) is 8.78 Å². The molecule has 0 amide bonds. The molecule has 0 fully saturated rings. The van der Waals surface area contributed by atoms with Gasteiger partial charge in [0.1, 0.15) is 0 Å².